The van der Waals surface area contributed by atoms with Crippen LogP contribution in [-0.4, -0.2) is 5.88 Å². The summed E-state index contributed by atoms with van der Waals surface area (Å²) >= 11 is 5.18. The van der Waals surface area contributed by atoms with Crippen molar-refractivity contribution in [1.82, 2.24) is 0 Å². The molecule has 0 atom stereocenters. The minimum atomic E-state index is -0.275. The monoisotopic (exact) mass is 134 g/mol. The summed E-state index contributed by atoms with van der Waals surface area (Å²) in [5.74, 6) is -0.0431. The van der Waals surface area contributed by atoms with Gasteiger partial charge in [0, 0.05) is 5.88 Å². The van der Waals surface area contributed by atoms with Crippen molar-refractivity contribution in [2.45, 2.75) is 6.92 Å². The van der Waals surface area contributed by atoms with Crippen molar-refractivity contribution in [1.29, 1.82) is 0 Å². The van der Waals surface area contributed by atoms with Gasteiger partial charge < -0.3 is 0 Å². The zero-order valence-electron chi connectivity index (χ0n) is 4.70. The smallest absolute Gasteiger partial charge is 0.120 e. The van der Waals surface area contributed by atoms with Gasteiger partial charge in [-0.2, -0.15) is 0 Å². The van der Waals surface area contributed by atoms with E-state index >= 15 is 0 Å². The molecule has 0 rings (SSSR count). The second-order valence-electron chi connectivity index (χ2n) is 1.24. The van der Waals surface area contributed by atoms with Crippen LogP contribution in [0, 0.1) is 0 Å². The molecular formula is C6H8ClF. The average molecular weight is 135 g/mol. The van der Waals surface area contributed by atoms with Gasteiger partial charge in [0.25, 0.3) is 0 Å². The van der Waals surface area contributed by atoms with Crippen molar-refractivity contribution in [3.8, 4) is 0 Å². The molecule has 0 aliphatic carbocycles. The van der Waals surface area contributed by atoms with Crippen LogP contribution in [0.15, 0.2) is 24.1 Å². The second-order valence-corrected chi connectivity index (χ2v) is 1.55. The molecular weight excluding hydrogens is 127 g/mol. The molecule has 0 aromatic rings. The molecule has 8 heavy (non-hydrogen) atoms. The van der Waals surface area contributed by atoms with Crippen molar-refractivity contribution < 1.29 is 4.39 Å². The van der Waals surface area contributed by atoms with E-state index < -0.39 is 0 Å². The zero-order chi connectivity index (χ0) is 6.41. The molecule has 0 saturated carbocycles. The van der Waals surface area contributed by atoms with E-state index in [4.69, 9.17) is 11.6 Å². The van der Waals surface area contributed by atoms with Crippen LogP contribution in [0.25, 0.3) is 0 Å². The first-order valence-corrected chi connectivity index (χ1v) is 2.89. The van der Waals surface area contributed by atoms with Crippen molar-refractivity contribution in [3.63, 3.8) is 0 Å². The number of halogens is 2. The Morgan fingerprint density at radius 3 is 2.75 bits per heavy atom. The molecule has 0 aromatic heterocycles. The summed E-state index contributed by atoms with van der Waals surface area (Å²) in [4.78, 5) is 0. The first kappa shape index (κ1) is 7.70. The zero-order valence-corrected chi connectivity index (χ0v) is 5.45. The Bertz CT molecular complexity index is 105. The van der Waals surface area contributed by atoms with Gasteiger partial charge in [0.1, 0.15) is 5.83 Å². The number of hydrogen-bond donors (Lipinski definition) is 0. The number of rotatable bonds is 2. The Kier molecular flexibility index (Phi) is 4.67. The molecule has 2 heteroatoms. The molecule has 0 amide bonds. The Hall–Kier alpha value is -0.300. The summed E-state index contributed by atoms with van der Waals surface area (Å²) in [7, 11) is 0. The quantitative estimate of drug-likeness (QED) is 0.402. The Morgan fingerprint density at radius 2 is 2.38 bits per heavy atom. The highest BCUT2D eigenvalue weighted by Gasteiger charge is 1.80. The van der Waals surface area contributed by atoms with Gasteiger partial charge in [-0.15, -0.1) is 11.6 Å². The third-order valence-corrected chi connectivity index (χ3v) is 0.752. The predicted octanol–water partition coefficient (Wildman–Crippen LogP) is 2.65. The summed E-state index contributed by atoms with van der Waals surface area (Å²) in [6.07, 6.45) is 4.29. The van der Waals surface area contributed by atoms with E-state index in [1.54, 1.807) is 13.0 Å². The van der Waals surface area contributed by atoms with Gasteiger partial charge in [0.15, 0.2) is 0 Å². The fourth-order valence-corrected chi connectivity index (χ4v) is 0.448. The SMILES string of the molecule is C/C=C\C(F)=C/CCl. The summed E-state index contributed by atoms with van der Waals surface area (Å²) in [5, 5.41) is 0. The van der Waals surface area contributed by atoms with E-state index in [-0.39, 0.29) is 11.7 Å². The lowest BCUT2D eigenvalue weighted by Crippen LogP contribution is -1.65. The highest BCUT2D eigenvalue weighted by Crippen LogP contribution is 1.97. The molecule has 0 radical (unpaired) electrons. The van der Waals surface area contributed by atoms with Crippen molar-refractivity contribution in [2.24, 2.45) is 0 Å². The largest absolute Gasteiger partial charge is 0.207 e. The van der Waals surface area contributed by atoms with Crippen LogP contribution in [0.2, 0.25) is 0 Å². The van der Waals surface area contributed by atoms with Crippen molar-refractivity contribution >= 4 is 11.6 Å². The lowest BCUT2D eigenvalue weighted by molar-refractivity contribution is 0.665. The first-order valence-electron chi connectivity index (χ1n) is 2.35. The Labute approximate surface area is 53.7 Å². The molecule has 46 valence electrons. The molecule has 0 aliphatic heterocycles. The van der Waals surface area contributed by atoms with Gasteiger partial charge in [0.2, 0.25) is 0 Å². The third-order valence-electron chi connectivity index (χ3n) is 0.598. The molecule has 0 heterocycles. The van der Waals surface area contributed by atoms with E-state index in [1.165, 1.54) is 12.2 Å². The fourth-order valence-electron chi connectivity index (χ4n) is 0.301. The molecule has 0 fully saturated rings. The van der Waals surface area contributed by atoms with Crippen LogP contribution in [0.1, 0.15) is 6.92 Å². The van der Waals surface area contributed by atoms with Gasteiger partial charge in [-0.25, -0.2) is 4.39 Å². The van der Waals surface area contributed by atoms with Crippen molar-refractivity contribution in [2.75, 3.05) is 5.88 Å². The van der Waals surface area contributed by atoms with Crippen LogP contribution in [0.4, 0.5) is 4.39 Å². The van der Waals surface area contributed by atoms with Crippen LogP contribution in [-0.2, 0) is 0 Å². The summed E-state index contributed by atoms with van der Waals surface area (Å²) < 4.78 is 12.1. The minimum Gasteiger partial charge on any atom is -0.207 e. The van der Waals surface area contributed by atoms with Crippen LogP contribution in [0.5, 0.6) is 0 Å². The maximum atomic E-state index is 12.1. The Balaban J connectivity index is 3.61. The number of allylic oxidation sites excluding steroid dienone is 4. The van der Waals surface area contributed by atoms with Gasteiger partial charge in [-0.05, 0) is 19.1 Å². The molecule has 0 N–H and O–H groups in total. The van der Waals surface area contributed by atoms with Crippen LogP contribution >= 0.6 is 11.6 Å². The first-order chi connectivity index (χ1) is 3.81. The lowest BCUT2D eigenvalue weighted by Gasteiger charge is -1.79. The van der Waals surface area contributed by atoms with Crippen molar-refractivity contribution in [3.05, 3.63) is 24.1 Å². The normalized spacial score (nSPS) is 13.1. The van der Waals surface area contributed by atoms with Crippen LogP contribution in [0.3, 0.4) is 0 Å². The van der Waals surface area contributed by atoms with Gasteiger partial charge in [0.05, 0.1) is 0 Å². The molecule has 0 saturated heterocycles. The van der Waals surface area contributed by atoms with E-state index in [0.717, 1.165) is 0 Å². The van der Waals surface area contributed by atoms with Gasteiger partial charge in [-0.3, -0.25) is 0 Å². The Morgan fingerprint density at radius 1 is 1.75 bits per heavy atom. The standard InChI is InChI=1S/C6H8ClF/c1-2-3-6(8)4-5-7/h2-4H,5H2,1H3/b3-2-,6-4+. The third kappa shape index (κ3) is 3.88. The van der Waals surface area contributed by atoms with Gasteiger partial charge >= 0.3 is 0 Å². The molecule has 0 bridgehead atoms. The van der Waals surface area contributed by atoms with Crippen LogP contribution < -0.4 is 0 Å². The van der Waals surface area contributed by atoms with Gasteiger partial charge in [-0.1, -0.05) is 6.08 Å². The molecule has 0 aliphatic rings. The minimum absolute atomic E-state index is 0.232. The summed E-state index contributed by atoms with van der Waals surface area (Å²) in [6.45, 7) is 1.75. The second kappa shape index (κ2) is 4.85. The van der Waals surface area contributed by atoms with E-state index in [2.05, 4.69) is 0 Å². The number of hydrogen-bond acceptors (Lipinski definition) is 0. The molecule has 0 spiro atoms. The van der Waals surface area contributed by atoms with E-state index in [0.29, 0.717) is 0 Å². The highest BCUT2D eigenvalue weighted by atomic mass is 35.5. The fraction of sp³-hybridized carbons (Fsp3) is 0.333. The average Bonchev–Trinajstić information content (AvgIpc) is 1.68. The summed E-state index contributed by atoms with van der Waals surface area (Å²) in [5.41, 5.74) is 0. The topological polar surface area (TPSA) is 0 Å². The van der Waals surface area contributed by atoms with E-state index in [9.17, 15) is 4.39 Å². The maximum absolute atomic E-state index is 12.1. The molecule has 0 nitrogen and oxygen atoms in total. The number of alkyl halides is 1. The summed E-state index contributed by atoms with van der Waals surface area (Å²) in [6, 6.07) is 0. The highest BCUT2D eigenvalue weighted by molar-refractivity contribution is 6.18. The molecule has 0 unspecified atom stereocenters. The van der Waals surface area contributed by atoms with E-state index in [1.807, 2.05) is 0 Å². The molecule has 0 aromatic carbocycles. The lowest BCUT2D eigenvalue weighted by atomic mass is 10.4. The predicted molar refractivity (Wildman–Crippen MR) is 34.7 cm³/mol. The maximum Gasteiger partial charge on any atom is 0.120 e.